The third-order valence-corrected chi connectivity index (χ3v) is 4.76. The first-order valence-corrected chi connectivity index (χ1v) is 7.51. The Morgan fingerprint density at radius 2 is 2.14 bits per heavy atom. The average molecular weight is 337 g/mol. The number of anilines is 1. The fraction of sp³-hybridized carbons (Fsp3) is 0.812. The first-order valence-electron chi connectivity index (χ1n) is 14.2. The van der Waals surface area contributed by atoms with Crippen molar-refractivity contribution in [2.24, 2.45) is 5.89 Å². The summed E-state index contributed by atoms with van der Waals surface area (Å²) in [6.45, 7) is -7.37. The second kappa shape index (κ2) is 5.50. The summed E-state index contributed by atoms with van der Waals surface area (Å²) in [6.07, 6.45) is -7.66. The minimum atomic E-state index is -3.88. The predicted molar refractivity (Wildman–Crippen MR) is 93.2 cm³/mol. The Morgan fingerprint density at radius 1 is 1.41 bits per heavy atom. The second-order valence-electron chi connectivity index (χ2n) is 5.98. The Bertz CT molecular complexity index is 1070. The molecule has 2 aliphatic heterocycles. The van der Waals surface area contributed by atoms with Crippen molar-refractivity contribution in [3.63, 3.8) is 0 Å². The largest absolute Gasteiger partial charge is 0.515 e. The van der Waals surface area contributed by atoms with Crippen LogP contribution in [0.25, 0.3) is 0 Å². The molecule has 1 aromatic rings. The van der Waals surface area contributed by atoms with Crippen LogP contribution in [-0.2, 0) is 9.31 Å². The number of hydrogen-bond acceptors (Lipinski definition) is 5. The third kappa shape index (κ3) is 2.81. The number of aromatic nitrogens is 1. The number of thiazole rings is 1. The van der Waals surface area contributed by atoms with Gasteiger partial charge in [-0.25, -0.2) is 4.98 Å². The van der Waals surface area contributed by atoms with Crippen molar-refractivity contribution in [2.75, 3.05) is 17.9 Å². The summed E-state index contributed by atoms with van der Waals surface area (Å²) in [4.78, 5) is 3.48. The monoisotopic (exact) mass is 337 g/mol. The van der Waals surface area contributed by atoms with Gasteiger partial charge < -0.3 is 14.2 Å². The standard InChI is InChI=1S/C16H27BN2O2S/c1-11-8-7-9-19(10-11)14-18-13(12(2)22-14)17-20-15(3,4)16(5,6)21-17/h11H,7-10H2,1-6H3/i1D3,2D3,7D2,8D2,9D2,10D2,11D. The molecular weight excluding hydrogens is 295 g/mol. The molecule has 22 heavy (non-hydrogen) atoms. The van der Waals surface area contributed by atoms with Crippen molar-refractivity contribution >= 4 is 29.2 Å². The van der Waals surface area contributed by atoms with E-state index in [4.69, 9.17) is 29.9 Å². The maximum atomic E-state index is 8.55. The molecule has 0 radical (unpaired) electrons. The lowest BCUT2D eigenvalue weighted by molar-refractivity contribution is 0.00578. The van der Waals surface area contributed by atoms with Crippen LogP contribution < -0.4 is 10.5 Å². The molecule has 3 rings (SSSR count). The normalized spacial score (nSPS) is 51.2. The third-order valence-electron chi connectivity index (χ3n) is 3.89. The summed E-state index contributed by atoms with van der Waals surface area (Å²) in [5.41, 5.74) is -2.27. The summed E-state index contributed by atoms with van der Waals surface area (Å²) in [6, 6.07) is 0. The van der Waals surface area contributed by atoms with Crippen LogP contribution in [-0.4, -0.2) is 36.3 Å². The van der Waals surface area contributed by atoms with Gasteiger partial charge in [0, 0.05) is 38.4 Å². The van der Waals surface area contributed by atoms with Crippen LogP contribution >= 0.6 is 11.3 Å². The van der Waals surface area contributed by atoms with E-state index < -0.39 is 73.7 Å². The Morgan fingerprint density at radius 3 is 2.77 bits per heavy atom. The maximum absolute atomic E-state index is 8.55. The zero-order valence-electron chi connectivity index (χ0n) is 27.7. The number of rotatable bonds is 2. The van der Waals surface area contributed by atoms with Crippen molar-refractivity contribution in [1.82, 2.24) is 4.98 Å². The number of nitrogens with zero attached hydrogens (tertiary/aromatic N) is 2. The molecule has 0 saturated carbocycles. The molecule has 122 valence electrons. The van der Waals surface area contributed by atoms with E-state index in [1.807, 2.05) is 0 Å². The van der Waals surface area contributed by atoms with Crippen LogP contribution in [0.5, 0.6) is 0 Å². The number of hydrogen-bond donors (Lipinski definition) is 0. The van der Waals surface area contributed by atoms with Crippen molar-refractivity contribution < 1.29 is 29.9 Å². The molecule has 1 atom stereocenters. The highest BCUT2D eigenvalue weighted by Crippen LogP contribution is 2.37. The van der Waals surface area contributed by atoms with Gasteiger partial charge in [0.2, 0.25) is 0 Å². The molecule has 0 aromatic carbocycles. The van der Waals surface area contributed by atoms with Crippen LogP contribution in [0.3, 0.4) is 0 Å². The van der Waals surface area contributed by atoms with Gasteiger partial charge in [0.15, 0.2) is 5.13 Å². The van der Waals surface area contributed by atoms with Gasteiger partial charge in [-0.15, -0.1) is 11.3 Å². The highest BCUT2D eigenvalue weighted by Gasteiger charge is 2.53. The van der Waals surface area contributed by atoms with E-state index in [1.54, 1.807) is 27.7 Å². The van der Waals surface area contributed by atoms with Crippen molar-refractivity contribution in [3.05, 3.63) is 4.88 Å². The fourth-order valence-electron chi connectivity index (χ4n) is 1.94. The molecule has 0 amide bonds. The summed E-state index contributed by atoms with van der Waals surface area (Å²) in [5.74, 6) is -3.88. The summed E-state index contributed by atoms with van der Waals surface area (Å²) in [7, 11) is -1.40. The smallest absolute Gasteiger partial charge is 0.398 e. The van der Waals surface area contributed by atoms with Crippen LogP contribution in [0.1, 0.15) is 72.7 Å². The van der Waals surface area contributed by atoms with E-state index in [0.29, 0.717) is 0 Å². The minimum absolute atomic E-state index is 0.0741. The van der Waals surface area contributed by atoms with Gasteiger partial charge in [-0.05, 0) is 53.2 Å². The van der Waals surface area contributed by atoms with Crippen molar-refractivity contribution in [3.8, 4) is 0 Å². The van der Waals surface area contributed by atoms with Crippen LogP contribution in [0.4, 0.5) is 5.13 Å². The Hall–Kier alpha value is -0.585. The van der Waals surface area contributed by atoms with Gasteiger partial charge in [0.1, 0.15) is 0 Å². The molecule has 1 aromatic heterocycles. The summed E-state index contributed by atoms with van der Waals surface area (Å²) in [5, 5.41) is -0.814. The van der Waals surface area contributed by atoms with Crippen molar-refractivity contribution in [1.29, 1.82) is 0 Å². The van der Waals surface area contributed by atoms with Gasteiger partial charge >= 0.3 is 7.12 Å². The van der Waals surface area contributed by atoms with Gasteiger partial charge in [0.05, 0.1) is 16.8 Å². The lowest BCUT2D eigenvalue weighted by Crippen LogP contribution is -2.41. The zero-order valence-corrected chi connectivity index (χ0v) is 13.5. The molecule has 6 heteroatoms. The summed E-state index contributed by atoms with van der Waals surface area (Å²) < 4.78 is 134. The molecular formula is C16H27BN2O2S. The molecule has 2 fully saturated rings. The van der Waals surface area contributed by atoms with Gasteiger partial charge in [0.25, 0.3) is 0 Å². The number of aryl methyl sites for hydroxylation is 1. The molecule has 3 heterocycles. The van der Waals surface area contributed by atoms with Crippen LogP contribution in [0.2, 0.25) is 0 Å². The van der Waals surface area contributed by atoms with E-state index in [2.05, 4.69) is 4.98 Å². The molecule has 0 bridgehead atoms. The van der Waals surface area contributed by atoms with E-state index >= 15 is 0 Å². The van der Waals surface area contributed by atoms with Crippen LogP contribution in [0.15, 0.2) is 0 Å². The second-order valence-corrected chi connectivity index (χ2v) is 6.96. The van der Waals surface area contributed by atoms with Crippen LogP contribution in [0, 0.1) is 12.7 Å². The highest BCUT2D eigenvalue weighted by molar-refractivity contribution is 7.16. The quantitative estimate of drug-likeness (QED) is 0.777. The molecule has 0 spiro atoms. The molecule has 4 nitrogen and oxygen atoms in total. The highest BCUT2D eigenvalue weighted by atomic mass is 32.1. The Balaban J connectivity index is 2.34. The Kier molecular flexibility index (Phi) is 1.51. The average Bonchev–Trinajstić information content (AvgIpc) is 3.16. The SMILES string of the molecule is [2H]C([2H])([2H])c1sc(N2C([2H])([2H])C([2H])([2H])C([2H])([2H])C([2H])(C([2H])([2H])[2H])C2([2H])[2H])nc1B1OC(C)(C)C(C)(C)O1. The maximum Gasteiger partial charge on any atom is 0.515 e. The minimum Gasteiger partial charge on any atom is -0.398 e. The van der Waals surface area contributed by atoms with Gasteiger partial charge in [-0.1, -0.05) is 6.85 Å². The zero-order chi connectivity index (χ0) is 29.2. The molecule has 0 aliphatic carbocycles. The van der Waals surface area contributed by atoms with Gasteiger partial charge in [-0.3, -0.25) is 0 Å². The first kappa shape index (κ1) is 6.05. The molecule has 0 N–H and O–H groups in total. The predicted octanol–water partition coefficient (Wildman–Crippen LogP) is 2.99. The van der Waals surface area contributed by atoms with E-state index in [1.165, 1.54) is 0 Å². The summed E-state index contributed by atoms with van der Waals surface area (Å²) >= 11 is 0.233. The lowest BCUT2D eigenvalue weighted by Gasteiger charge is -2.32. The molecule has 2 saturated heterocycles. The lowest BCUT2D eigenvalue weighted by atomic mass is 9.84. The van der Waals surface area contributed by atoms with Gasteiger partial charge in [-0.2, -0.15) is 0 Å². The van der Waals surface area contributed by atoms with E-state index in [0.717, 1.165) is 0 Å². The molecule has 1 unspecified atom stereocenters. The molecule has 2 aliphatic rings. The first-order chi connectivity index (χ1) is 16.0. The number of piperidine rings is 1. The van der Waals surface area contributed by atoms with Crippen molar-refractivity contribution in [2.45, 2.75) is 65.3 Å². The topological polar surface area (TPSA) is 34.6 Å². The Labute approximate surface area is 159 Å². The van der Waals surface area contributed by atoms with E-state index in [-0.39, 0.29) is 21.8 Å². The fourth-order valence-corrected chi connectivity index (χ4v) is 2.70. The van der Waals surface area contributed by atoms with E-state index in [9.17, 15) is 0 Å².